The number of carbonyl (C=O) groups is 1. The van der Waals surface area contributed by atoms with Gasteiger partial charge in [-0.05, 0) is 53.7 Å². The van der Waals surface area contributed by atoms with Crippen molar-refractivity contribution in [3.63, 3.8) is 0 Å². The molecule has 0 unspecified atom stereocenters. The fourth-order valence-electron chi connectivity index (χ4n) is 2.42. The van der Waals surface area contributed by atoms with Crippen LogP contribution in [0.1, 0.15) is 19.4 Å². The minimum Gasteiger partial charge on any atom is -0.480 e. The Labute approximate surface area is 152 Å². The van der Waals surface area contributed by atoms with Crippen molar-refractivity contribution in [3.8, 4) is 5.69 Å². The van der Waals surface area contributed by atoms with E-state index < -0.39 is 10.7 Å². The average Bonchev–Trinajstić information content (AvgIpc) is 2.88. The van der Waals surface area contributed by atoms with Gasteiger partial charge in [0.2, 0.25) is 4.73 Å². The minimum atomic E-state index is -1.01. The van der Waals surface area contributed by atoms with E-state index in [1.807, 2.05) is 34.9 Å². The van der Waals surface area contributed by atoms with Crippen LogP contribution in [0.25, 0.3) is 16.5 Å². The Kier molecular flexibility index (Phi) is 4.40. The van der Waals surface area contributed by atoms with Crippen LogP contribution in [0.3, 0.4) is 0 Å². The molecule has 3 aromatic rings. The third-order valence-electron chi connectivity index (χ3n) is 3.82. The topological polar surface area (TPSA) is 68.0 Å². The molecule has 7 heteroatoms. The molecule has 0 amide bonds. The highest BCUT2D eigenvalue weighted by Crippen LogP contribution is 2.36. The molecule has 0 fully saturated rings. The number of carboxylic acid groups (broad SMARTS) is 1. The lowest BCUT2D eigenvalue weighted by Gasteiger charge is -2.19. The van der Waals surface area contributed by atoms with Crippen LogP contribution < -0.4 is 0 Å². The summed E-state index contributed by atoms with van der Waals surface area (Å²) >= 11 is 4.60. The second-order valence-corrected chi connectivity index (χ2v) is 8.25. The molecule has 5 nitrogen and oxygen atoms in total. The molecule has 1 N–H and O–H groups in total. The van der Waals surface area contributed by atoms with Crippen molar-refractivity contribution in [3.05, 3.63) is 46.7 Å². The van der Waals surface area contributed by atoms with Gasteiger partial charge in [0.15, 0.2) is 5.16 Å². The minimum absolute atomic E-state index is 0.531. The number of thioether (sulfide) groups is 1. The van der Waals surface area contributed by atoms with Crippen LogP contribution in [0.4, 0.5) is 0 Å². The third kappa shape index (κ3) is 2.93. The SMILES string of the molecule is Cc1ccc(-n2c(Br)nnc2SC(C)(C)C(=O)O)c2ccccc12. The summed E-state index contributed by atoms with van der Waals surface area (Å²) in [5.41, 5.74) is 2.09. The summed E-state index contributed by atoms with van der Waals surface area (Å²) in [6.45, 7) is 5.37. The van der Waals surface area contributed by atoms with Crippen molar-refractivity contribution in [2.45, 2.75) is 30.7 Å². The molecule has 1 aromatic heterocycles. The Morgan fingerprint density at radius 3 is 2.50 bits per heavy atom. The van der Waals surface area contributed by atoms with Crippen LogP contribution in [-0.2, 0) is 4.79 Å². The van der Waals surface area contributed by atoms with E-state index >= 15 is 0 Å². The Hall–Kier alpha value is -1.86. The van der Waals surface area contributed by atoms with E-state index in [4.69, 9.17) is 0 Å². The van der Waals surface area contributed by atoms with Crippen LogP contribution >= 0.6 is 27.7 Å². The molecule has 0 spiro atoms. The Morgan fingerprint density at radius 1 is 1.17 bits per heavy atom. The van der Waals surface area contributed by atoms with Gasteiger partial charge in [0, 0.05) is 5.39 Å². The highest BCUT2D eigenvalue weighted by atomic mass is 79.9. The maximum atomic E-state index is 11.4. The number of carboxylic acids is 1. The van der Waals surface area contributed by atoms with Gasteiger partial charge in [-0.1, -0.05) is 42.1 Å². The predicted octanol–water partition coefficient (Wildman–Crippen LogP) is 4.45. The van der Waals surface area contributed by atoms with Crippen molar-refractivity contribution in [2.75, 3.05) is 0 Å². The standard InChI is InChI=1S/C17H16BrN3O2S/c1-10-8-9-13(12-7-5-4-6-11(10)12)21-15(18)19-20-16(21)24-17(2,3)14(22)23/h4-9H,1-3H3,(H,22,23). The smallest absolute Gasteiger partial charge is 0.319 e. The molecule has 24 heavy (non-hydrogen) atoms. The lowest BCUT2D eigenvalue weighted by Crippen LogP contribution is -2.27. The first-order valence-corrected chi connectivity index (χ1v) is 8.94. The van der Waals surface area contributed by atoms with Crippen LogP contribution in [0.15, 0.2) is 46.3 Å². The summed E-state index contributed by atoms with van der Waals surface area (Å²) in [5, 5.41) is 20.4. The normalized spacial score (nSPS) is 11.8. The van der Waals surface area contributed by atoms with Gasteiger partial charge in [0.05, 0.1) is 5.69 Å². The summed E-state index contributed by atoms with van der Waals surface area (Å²) in [6, 6.07) is 12.1. The molecule has 1 heterocycles. The largest absolute Gasteiger partial charge is 0.480 e. The van der Waals surface area contributed by atoms with Gasteiger partial charge < -0.3 is 5.11 Å². The highest BCUT2D eigenvalue weighted by molar-refractivity contribution is 9.10. The van der Waals surface area contributed by atoms with E-state index in [0.717, 1.165) is 16.5 Å². The van der Waals surface area contributed by atoms with Crippen LogP contribution in [0.2, 0.25) is 0 Å². The number of aromatic nitrogens is 3. The number of aliphatic carboxylic acids is 1. The second-order valence-electron chi connectivity index (χ2n) is 5.95. The predicted molar refractivity (Wildman–Crippen MR) is 98.9 cm³/mol. The number of nitrogens with zero attached hydrogens (tertiary/aromatic N) is 3. The number of halogens is 1. The Morgan fingerprint density at radius 2 is 1.83 bits per heavy atom. The van der Waals surface area contributed by atoms with Gasteiger partial charge in [0.25, 0.3) is 0 Å². The van der Waals surface area contributed by atoms with Crippen LogP contribution in [0, 0.1) is 6.92 Å². The number of benzene rings is 2. The van der Waals surface area contributed by atoms with E-state index in [1.54, 1.807) is 13.8 Å². The fraction of sp³-hybridized carbons (Fsp3) is 0.235. The van der Waals surface area contributed by atoms with Gasteiger partial charge in [0.1, 0.15) is 4.75 Å². The van der Waals surface area contributed by atoms with E-state index in [1.165, 1.54) is 17.3 Å². The molecular formula is C17H16BrN3O2S. The van der Waals surface area contributed by atoms with Crippen molar-refractivity contribution in [2.24, 2.45) is 0 Å². The van der Waals surface area contributed by atoms with Gasteiger partial charge in [-0.25, -0.2) is 0 Å². The highest BCUT2D eigenvalue weighted by Gasteiger charge is 2.31. The zero-order valence-corrected chi connectivity index (χ0v) is 15.8. The molecule has 0 aliphatic carbocycles. The molecular weight excluding hydrogens is 390 g/mol. The molecule has 2 aromatic carbocycles. The van der Waals surface area contributed by atoms with Crippen molar-refractivity contribution >= 4 is 44.4 Å². The lowest BCUT2D eigenvalue weighted by atomic mass is 10.0. The summed E-state index contributed by atoms with van der Waals surface area (Å²) < 4.78 is 1.38. The molecule has 0 atom stereocenters. The molecule has 0 saturated heterocycles. The molecule has 124 valence electrons. The number of rotatable bonds is 4. The molecule has 0 bridgehead atoms. The third-order valence-corrected chi connectivity index (χ3v) is 5.46. The number of hydrogen-bond acceptors (Lipinski definition) is 4. The van der Waals surface area contributed by atoms with Gasteiger partial charge in [-0.15, -0.1) is 10.2 Å². The molecule has 0 aliphatic rings. The summed E-state index contributed by atoms with van der Waals surface area (Å²) in [6.07, 6.45) is 0. The first-order chi connectivity index (χ1) is 11.3. The average molecular weight is 406 g/mol. The lowest BCUT2D eigenvalue weighted by molar-refractivity contribution is -0.138. The molecule has 3 rings (SSSR count). The van der Waals surface area contributed by atoms with E-state index in [2.05, 4.69) is 39.1 Å². The maximum absolute atomic E-state index is 11.4. The fourth-order valence-corrected chi connectivity index (χ4v) is 3.88. The number of hydrogen-bond donors (Lipinski definition) is 1. The monoisotopic (exact) mass is 405 g/mol. The zero-order chi connectivity index (χ0) is 17.5. The first kappa shape index (κ1) is 17.0. The van der Waals surface area contributed by atoms with Crippen molar-refractivity contribution < 1.29 is 9.90 Å². The summed E-state index contributed by atoms with van der Waals surface area (Å²) in [4.78, 5) is 11.4. The zero-order valence-electron chi connectivity index (χ0n) is 13.4. The van der Waals surface area contributed by atoms with Crippen molar-refractivity contribution in [1.29, 1.82) is 0 Å². The summed E-state index contributed by atoms with van der Waals surface area (Å²) in [5.74, 6) is -0.896. The molecule has 0 saturated carbocycles. The molecule has 0 aliphatic heterocycles. The second kappa shape index (κ2) is 6.22. The Balaban J connectivity index is 2.20. The van der Waals surface area contributed by atoms with Crippen molar-refractivity contribution in [1.82, 2.24) is 14.8 Å². The van der Waals surface area contributed by atoms with Crippen LogP contribution in [0.5, 0.6) is 0 Å². The molecule has 0 radical (unpaired) electrons. The van der Waals surface area contributed by atoms with Crippen LogP contribution in [-0.4, -0.2) is 30.6 Å². The first-order valence-electron chi connectivity index (χ1n) is 7.33. The van der Waals surface area contributed by atoms with E-state index in [0.29, 0.717) is 9.89 Å². The Bertz CT molecular complexity index is 937. The van der Waals surface area contributed by atoms with E-state index in [-0.39, 0.29) is 0 Å². The van der Waals surface area contributed by atoms with Gasteiger partial charge in [-0.2, -0.15) is 0 Å². The quantitative estimate of drug-likeness (QED) is 0.649. The number of aryl methyl sites for hydroxylation is 1. The van der Waals surface area contributed by atoms with Gasteiger partial charge >= 0.3 is 5.97 Å². The van der Waals surface area contributed by atoms with E-state index in [9.17, 15) is 9.90 Å². The van der Waals surface area contributed by atoms with Gasteiger partial charge in [-0.3, -0.25) is 9.36 Å². The number of fused-ring (bicyclic) bond motifs is 1. The summed E-state index contributed by atoms with van der Waals surface area (Å²) in [7, 11) is 0. The maximum Gasteiger partial charge on any atom is 0.319 e.